The van der Waals surface area contributed by atoms with Crippen LogP contribution in [0.5, 0.6) is 0 Å². The average molecular weight is 362 g/mol. The van der Waals surface area contributed by atoms with Crippen molar-refractivity contribution in [3.63, 3.8) is 0 Å². The van der Waals surface area contributed by atoms with Gasteiger partial charge in [0, 0.05) is 11.0 Å². The Morgan fingerprint density at radius 1 is 1.46 bits per heavy atom. The number of carboxylic acid groups (broad SMARTS) is 1. The number of hydrogen-bond donors (Lipinski definition) is 3. The van der Waals surface area contributed by atoms with Crippen molar-refractivity contribution in [1.82, 2.24) is 0 Å². The summed E-state index contributed by atoms with van der Waals surface area (Å²) in [5, 5.41) is 31.5. The molecule has 3 N–H and O–H groups in total. The summed E-state index contributed by atoms with van der Waals surface area (Å²) in [6.45, 7) is 2.29. The summed E-state index contributed by atoms with van der Waals surface area (Å²) in [5.74, 6) is -1.33. The minimum atomic E-state index is -1.12. The molecule has 1 aliphatic heterocycles. The molecule has 0 radical (unpaired) electrons. The third-order valence-electron chi connectivity index (χ3n) is 7.27. The Labute approximate surface area is 152 Å². The van der Waals surface area contributed by atoms with Crippen LogP contribution in [0.15, 0.2) is 34.7 Å². The van der Waals surface area contributed by atoms with Gasteiger partial charge in [-0.1, -0.05) is 13.0 Å². The molecule has 3 aliphatic rings. The monoisotopic (exact) mass is 362 g/mol. The first-order valence-corrected chi connectivity index (χ1v) is 9.32. The maximum Gasteiger partial charge on any atom is 0.310 e. The van der Waals surface area contributed by atoms with Gasteiger partial charge >= 0.3 is 5.97 Å². The van der Waals surface area contributed by atoms with Gasteiger partial charge in [0.2, 0.25) is 0 Å². The SMILES string of the molecule is CC1CC2OCC3=CCCC(C1(CC(O)c1ccoc1)C(=O)O)C32CO. The third-order valence-corrected chi connectivity index (χ3v) is 7.27. The van der Waals surface area contributed by atoms with Gasteiger partial charge in [-0.25, -0.2) is 0 Å². The van der Waals surface area contributed by atoms with Crippen molar-refractivity contribution in [3.8, 4) is 0 Å². The zero-order valence-corrected chi connectivity index (χ0v) is 14.9. The maximum absolute atomic E-state index is 12.7. The normalized spacial score (nSPS) is 40.0. The van der Waals surface area contributed by atoms with Gasteiger partial charge in [0.25, 0.3) is 0 Å². The van der Waals surface area contributed by atoms with Gasteiger partial charge in [-0.05, 0) is 49.2 Å². The molecule has 4 rings (SSSR count). The molecule has 0 spiro atoms. The van der Waals surface area contributed by atoms with Crippen molar-refractivity contribution in [2.45, 2.75) is 44.8 Å². The summed E-state index contributed by atoms with van der Waals surface area (Å²) < 4.78 is 11.0. The minimum absolute atomic E-state index is 0.107. The van der Waals surface area contributed by atoms with E-state index in [1.165, 1.54) is 12.5 Å². The van der Waals surface area contributed by atoms with Crippen LogP contribution in [0.4, 0.5) is 0 Å². The molecule has 26 heavy (non-hydrogen) atoms. The molecule has 1 aromatic heterocycles. The van der Waals surface area contributed by atoms with Gasteiger partial charge in [0.15, 0.2) is 0 Å². The molecule has 0 amide bonds. The predicted molar refractivity (Wildman–Crippen MR) is 92.2 cm³/mol. The smallest absolute Gasteiger partial charge is 0.310 e. The zero-order chi connectivity index (χ0) is 18.5. The molecule has 1 aromatic rings. The largest absolute Gasteiger partial charge is 0.481 e. The second kappa shape index (κ2) is 6.22. The summed E-state index contributed by atoms with van der Waals surface area (Å²) in [5.41, 5.74) is -0.133. The lowest BCUT2D eigenvalue weighted by Crippen LogP contribution is -2.61. The number of furan rings is 1. The highest BCUT2D eigenvalue weighted by Crippen LogP contribution is 2.65. The Morgan fingerprint density at radius 3 is 2.92 bits per heavy atom. The minimum Gasteiger partial charge on any atom is -0.481 e. The molecular formula is C20H26O6. The molecule has 1 saturated heterocycles. The molecule has 2 aliphatic carbocycles. The first kappa shape index (κ1) is 17.8. The molecule has 6 atom stereocenters. The number of rotatable bonds is 5. The number of allylic oxidation sites excluding steroid dienone is 1. The lowest BCUT2D eigenvalue weighted by Gasteiger charge is -2.58. The van der Waals surface area contributed by atoms with E-state index >= 15 is 0 Å². The Bertz CT molecular complexity index is 710. The van der Waals surface area contributed by atoms with E-state index in [-0.39, 0.29) is 31.0 Å². The Balaban J connectivity index is 1.80. The molecular weight excluding hydrogens is 336 g/mol. The van der Waals surface area contributed by atoms with E-state index in [1.54, 1.807) is 6.07 Å². The van der Waals surface area contributed by atoms with E-state index in [9.17, 15) is 20.1 Å². The van der Waals surface area contributed by atoms with Crippen LogP contribution in [0.3, 0.4) is 0 Å². The molecule has 1 saturated carbocycles. The zero-order valence-electron chi connectivity index (χ0n) is 14.9. The highest BCUT2D eigenvalue weighted by atomic mass is 16.5. The van der Waals surface area contributed by atoms with Crippen LogP contribution >= 0.6 is 0 Å². The first-order valence-electron chi connectivity index (χ1n) is 9.32. The van der Waals surface area contributed by atoms with Crippen molar-refractivity contribution in [3.05, 3.63) is 35.8 Å². The summed E-state index contributed by atoms with van der Waals surface area (Å²) in [4.78, 5) is 12.7. The predicted octanol–water partition coefficient (Wildman–Crippen LogP) is 2.53. The Kier molecular flexibility index (Phi) is 4.25. The Hall–Kier alpha value is -1.63. The molecule has 2 fully saturated rings. The number of aliphatic carboxylic acids is 1. The Morgan fingerprint density at radius 2 is 2.27 bits per heavy atom. The standard InChI is InChI=1S/C20H26O6/c1-12-7-17-20(11-21)14(10-26-17)3-2-4-16(20)19(12,18(23)24)8-15(22)13-5-6-25-9-13/h3,5-6,9,12,15-17,21-22H,2,4,7-8,10-11H2,1H3,(H,23,24). The van der Waals surface area contributed by atoms with Crippen molar-refractivity contribution >= 4 is 5.97 Å². The summed E-state index contributed by atoms with van der Waals surface area (Å²) >= 11 is 0. The summed E-state index contributed by atoms with van der Waals surface area (Å²) in [6, 6.07) is 1.67. The van der Waals surface area contributed by atoms with Crippen molar-refractivity contribution in [2.75, 3.05) is 13.2 Å². The number of aliphatic hydroxyl groups excluding tert-OH is 2. The van der Waals surface area contributed by atoms with Crippen LogP contribution in [0.25, 0.3) is 0 Å². The van der Waals surface area contributed by atoms with E-state index < -0.39 is 22.9 Å². The number of carboxylic acids is 1. The topological polar surface area (TPSA) is 100 Å². The number of aliphatic hydroxyl groups is 2. The highest BCUT2D eigenvalue weighted by Gasteiger charge is 2.67. The van der Waals surface area contributed by atoms with Crippen molar-refractivity contribution in [2.24, 2.45) is 22.7 Å². The molecule has 6 unspecified atom stereocenters. The molecule has 6 nitrogen and oxygen atoms in total. The number of hydrogen-bond acceptors (Lipinski definition) is 5. The number of ether oxygens (including phenoxy) is 1. The van der Waals surface area contributed by atoms with Gasteiger partial charge in [-0.15, -0.1) is 0 Å². The van der Waals surface area contributed by atoms with E-state index in [2.05, 4.69) is 6.08 Å². The van der Waals surface area contributed by atoms with Gasteiger partial charge in [0.05, 0.1) is 43.4 Å². The summed E-state index contributed by atoms with van der Waals surface area (Å²) in [7, 11) is 0. The van der Waals surface area contributed by atoms with Gasteiger partial charge in [-0.3, -0.25) is 4.79 Å². The van der Waals surface area contributed by atoms with Crippen molar-refractivity contribution in [1.29, 1.82) is 0 Å². The second-order valence-corrected chi connectivity index (χ2v) is 8.12. The number of carbonyl (C=O) groups is 1. The van der Waals surface area contributed by atoms with Crippen LogP contribution < -0.4 is 0 Å². The molecule has 142 valence electrons. The van der Waals surface area contributed by atoms with E-state index in [0.717, 1.165) is 12.0 Å². The van der Waals surface area contributed by atoms with Gasteiger partial charge in [-0.2, -0.15) is 0 Å². The molecule has 0 aromatic carbocycles. The van der Waals surface area contributed by atoms with Crippen LogP contribution in [0.1, 0.15) is 44.3 Å². The van der Waals surface area contributed by atoms with E-state index in [0.29, 0.717) is 25.0 Å². The average Bonchev–Trinajstić information content (AvgIpc) is 3.27. The van der Waals surface area contributed by atoms with Gasteiger partial charge < -0.3 is 24.5 Å². The summed E-state index contributed by atoms with van der Waals surface area (Å²) in [6.07, 6.45) is 6.11. The van der Waals surface area contributed by atoms with Gasteiger partial charge in [0.1, 0.15) is 0 Å². The highest BCUT2D eigenvalue weighted by molar-refractivity contribution is 5.76. The maximum atomic E-state index is 12.7. The molecule has 6 heteroatoms. The van der Waals surface area contributed by atoms with E-state index in [1.807, 2.05) is 6.92 Å². The third kappa shape index (κ3) is 2.19. The fraction of sp³-hybridized carbons (Fsp3) is 0.650. The lowest BCUT2D eigenvalue weighted by atomic mass is 9.45. The van der Waals surface area contributed by atoms with Crippen LogP contribution in [0, 0.1) is 22.7 Å². The second-order valence-electron chi connectivity index (χ2n) is 8.12. The molecule has 0 bridgehead atoms. The fourth-order valence-corrected chi connectivity index (χ4v) is 5.94. The van der Waals surface area contributed by atoms with Crippen LogP contribution in [-0.4, -0.2) is 40.6 Å². The van der Waals surface area contributed by atoms with E-state index in [4.69, 9.17) is 9.15 Å². The first-order chi connectivity index (χ1) is 12.5. The quantitative estimate of drug-likeness (QED) is 0.696. The fourth-order valence-electron chi connectivity index (χ4n) is 5.94. The van der Waals surface area contributed by atoms with Crippen molar-refractivity contribution < 1.29 is 29.3 Å². The lowest BCUT2D eigenvalue weighted by molar-refractivity contribution is -0.188. The van der Waals surface area contributed by atoms with Crippen LogP contribution in [0.2, 0.25) is 0 Å². The molecule has 2 heterocycles. The van der Waals surface area contributed by atoms with Crippen LogP contribution in [-0.2, 0) is 9.53 Å².